The van der Waals surface area contributed by atoms with Gasteiger partial charge in [-0.1, -0.05) is 6.92 Å². The third-order valence-corrected chi connectivity index (χ3v) is 2.39. The van der Waals surface area contributed by atoms with E-state index in [9.17, 15) is 9.59 Å². The Balaban J connectivity index is 2.39. The molecule has 1 rings (SSSR count). The van der Waals surface area contributed by atoms with Gasteiger partial charge < -0.3 is 15.7 Å². The molecule has 1 unspecified atom stereocenters. The Labute approximate surface area is 105 Å². The SMILES string of the molecule is Cc1ncccc1NC(=O)NCC(C)CC(=O)O. The van der Waals surface area contributed by atoms with Crippen LogP contribution in [0.25, 0.3) is 0 Å². The smallest absolute Gasteiger partial charge is 0.319 e. The Morgan fingerprint density at radius 1 is 1.50 bits per heavy atom. The lowest BCUT2D eigenvalue weighted by atomic mass is 10.1. The minimum atomic E-state index is -0.868. The summed E-state index contributed by atoms with van der Waals surface area (Å²) in [6.45, 7) is 3.88. The van der Waals surface area contributed by atoms with Crippen LogP contribution in [-0.4, -0.2) is 28.6 Å². The molecule has 6 heteroatoms. The molecule has 0 saturated carbocycles. The van der Waals surface area contributed by atoms with Crippen LogP contribution in [0.4, 0.5) is 10.5 Å². The normalized spacial score (nSPS) is 11.7. The summed E-state index contributed by atoms with van der Waals surface area (Å²) in [5.41, 5.74) is 1.37. The van der Waals surface area contributed by atoms with E-state index in [1.807, 2.05) is 0 Å². The summed E-state index contributed by atoms with van der Waals surface area (Å²) in [4.78, 5) is 26.1. The standard InChI is InChI=1S/C12H17N3O3/c1-8(6-11(16)17)7-14-12(18)15-10-4-3-5-13-9(10)2/h3-5,8H,6-7H2,1-2H3,(H,16,17)(H2,14,15,18). The van der Waals surface area contributed by atoms with Gasteiger partial charge in [0.05, 0.1) is 11.4 Å². The number of hydrogen-bond acceptors (Lipinski definition) is 3. The zero-order chi connectivity index (χ0) is 13.5. The number of hydrogen-bond donors (Lipinski definition) is 3. The second-order valence-electron chi connectivity index (χ2n) is 4.17. The third-order valence-electron chi connectivity index (χ3n) is 2.39. The molecule has 0 bridgehead atoms. The van der Waals surface area contributed by atoms with E-state index in [4.69, 9.17) is 5.11 Å². The third kappa shape index (κ3) is 4.82. The maximum absolute atomic E-state index is 11.6. The molecule has 0 fully saturated rings. The summed E-state index contributed by atoms with van der Waals surface area (Å²) < 4.78 is 0. The highest BCUT2D eigenvalue weighted by atomic mass is 16.4. The average molecular weight is 251 g/mol. The second kappa shape index (κ2) is 6.58. The first-order chi connectivity index (χ1) is 8.49. The number of nitrogens with one attached hydrogen (secondary N) is 2. The molecule has 0 radical (unpaired) electrons. The van der Waals surface area contributed by atoms with Crippen LogP contribution in [0.1, 0.15) is 19.0 Å². The predicted molar refractivity (Wildman–Crippen MR) is 67.4 cm³/mol. The van der Waals surface area contributed by atoms with E-state index < -0.39 is 5.97 Å². The number of carboxylic acids is 1. The fourth-order valence-electron chi connectivity index (χ4n) is 1.42. The molecule has 1 aromatic rings. The molecule has 18 heavy (non-hydrogen) atoms. The van der Waals surface area contributed by atoms with Crippen LogP contribution in [0.5, 0.6) is 0 Å². The number of carbonyl (C=O) groups is 2. The van der Waals surface area contributed by atoms with Crippen molar-refractivity contribution in [1.29, 1.82) is 0 Å². The molecule has 6 nitrogen and oxygen atoms in total. The van der Waals surface area contributed by atoms with Gasteiger partial charge in [0.2, 0.25) is 0 Å². The van der Waals surface area contributed by atoms with E-state index in [0.717, 1.165) is 5.69 Å². The van der Waals surface area contributed by atoms with E-state index >= 15 is 0 Å². The van der Waals surface area contributed by atoms with Gasteiger partial charge in [-0.15, -0.1) is 0 Å². The topological polar surface area (TPSA) is 91.3 Å². The lowest BCUT2D eigenvalue weighted by Crippen LogP contribution is -2.33. The molecule has 1 atom stereocenters. The zero-order valence-electron chi connectivity index (χ0n) is 10.4. The second-order valence-corrected chi connectivity index (χ2v) is 4.17. The summed E-state index contributed by atoms with van der Waals surface area (Å²) in [5.74, 6) is -0.976. The van der Waals surface area contributed by atoms with Crippen molar-refractivity contribution >= 4 is 17.7 Å². The monoisotopic (exact) mass is 251 g/mol. The fourth-order valence-corrected chi connectivity index (χ4v) is 1.42. The Morgan fingerprint density at radius 2 is 2.22 bits per heavy atom. The largest absolute Gasteiger partial charge is 0.481 e. The van der Waals surface area contributed by atoms with Crippen molar-refractivity contribution in [2.45, 2.75) is 20.3 Å². The number of urea groups is 1. The van der Waals surface area contributed by atoms with Crippen LogP contribution in [0, 0.1) is 12.8 Å². The molecule has 0 aromatic carbocycles. The summed E-state index contributed by atoms with van der Waals surface area (Å²) in [6, 6.07) is 3.13. The minimum Gasteiger partial charge on any atom is -0.481 e. The van der Waals surface area contributed by atoms with Gasteiger partial charge in [-0.2, -0.15) is 0 Å². The number of carboxylic acid groups (broad SMARTS) is 1. The van der Waals surface area contributed by atoms with Crippen LogP contribution < -0.4 is 10.6 Å². The Hall–Kier alpha value is -2.11. The van der Waals surface area contributed by atoms with Gasteiger partial charge in [0.25, 0.3) is 0 Å². The zero-order valence-corrected chi connectivity index (χ0v) is 10.4. The lowest BCUT2D eigenvalue weighted by molar-refractivity contribution is -0.137. The van der Waals surface area contributed by atoms with E-state index in [1.165, 1.54) is 0 Å². The molecule has 3 N–H and O–H groups in total. The summed E-state index contributed by atoms with van der Waals surface area (Å²) in [6.07, 6.45) is 1.68. The van der Waals surface area contributed by atoms with Gasteiger partial charge in [0.1, 0.15) is 0 Å². The molecule has 0 aliphatic heterocycles. The molecule has 2 amide bonds. The van der Waals surface area contributed by atoms with E-state index in [2.05, 4.69) is 15.6 Å². The van der Waals surface area contributed by atoms with Crippen LogP contribution in [0.3, 0.4) is 0 Å². The molecule has 1 aromatic heterocycles. The van der Waals surface area contributed by atoms with E-state index in [1.54, 1.807) is 32.2 Å². The molecule has 0 saturated heterocycles. The molecule has 0 spiro atoms. The van der Waals surface area contributed by atoms with Crippen LogP contribution in [0.2, 0.25) is 0 Å². The average Bonchev–Trinajstić information content (AvgIpc) is 2.29. The van der Waals surface area contributed by atoms with Crippen molar-refractivity contribution < 1.29 is 14.7 Å². The number of aliphatic carboxylic acids is 1. The van der Waals surface area contributed by atoms with E-state index in [-0.39, 0.29) is 18.4 Å². The van der Waals surface area contributed by atoms with Gasteiger partial charge in [0, 0.05) is 19.2 Å². The molecular weight excluding hydrogens is 234 g/mol. The lowest BCUT2D eigenvalue weighted by Gasteiger charge is -2.12. The number of carbonyl (C=O) groups excluding carboxylic acids is 1. The van der Waals surface area contributed by atoms with Crippen LogP contribution in [-0.2, 0) is 4.79 Å². The Kier molecular flexibility index (Phi) is 5.10. The van der Waals surface area contributed by atoms with Crippen molar-refractivity contribution in [3.63, 3.8) is 0 Å². The quantitative estimate of drug-likeness (QED) is 0.741. The highest BCUT2D eigenvalue weighted by Gasteiger charge is 2.09. The highest BCUT2D eigenvalue weighted by Crippen LogP contribution is 2.09. The number of anilines is 1. The molecule has 0 aliphatic rings. The van der Waals surface area contributed by atoms with Gasteiger partial charge in [0.15, 0.2) is 0 Å². The molecule has 98 valence electrons. The fraction of sp³-hybridized carbons (Fsp3) is 0.417. The molecular formula is C12H17N3O3. The summed E-state index contributed by atoms with van der Waals surface area (Å²) >= 11 is 0. The van der Waals surface area contributed by atoms with Crippen molar-refractivity contribution in [3.8, 4) is 0 Å². The highest BCUT2D eigenvalue weighted by molar-refractivity contribution is 5.89. The van der Waals surface area contributed by atoms with Gasteiger partial charge in [-0.25, -0.2) is 4.79 Å². The van der Waals surface area contributed by atoms with Crippen molar-refractivity contribution in [2.75, 3.05) is 11.9 Å². The number of aryl methyl sites for hydroxylation is 1. The predicted octanol–water partition coefficient (Wildman–Crippen LogP) is 1.62. The van der Waals surface area contributed by atoms with Gasteiger partial charge >= 0.3 is 12.0 Å². The molecule has 0 aliphatic carbocycles. The summed E-state index contributed by atoms with van der Waals surface area (Å²) in [5, 5.41) is 13.9. The maximum atomic E-state index is 11.6. The van der Waals surface area contributed by atoms with Crippen molar-refractivity contribution in [3.05, 3.63) is 24.0 Å². The molecule has 1 heterocycles. The van der Waals surface area contributed by atoms with E-state index in [0.29, 0.717) is 12.2 Å². The number of aromatic nitrogens is 1. The van der Waals surface area contributed by atoms with Gasteiger partial charge in [-0.3, -0.25) is 9.78 Å². The first-order valence-corrected chi connectivity index (χ1v) is 5.67. The number of nitrogens with zero attached hydrogens (tertiary/aromatic N) is 1. The summed E-state index contributed by atoms with van der Waals surface area (Å²) in [7, 11) is 0. The number of rotatable bonds is 5. The first kappa shape index (κ1) is 14.0. The van der Waals surface area contributed by atoms with Crippen molar-refractivity contribution in [1.82, 2.24) is 10.3 Å². The maximum Gasteiger partial charge on any atom is 0.319 e. The Bertz CT molecular complexity index is 434. The van der Waals surface area contributed by atoms with Crippen molar-refractivity contribution in [2.24, 2.45) is 5.92 Å². The Morgan fingerprint density at radius 3 is 2.83 bits per heavy atom. The minimum absolute atomic E-state index is 0.0339. The number of pyridine rings is 1. The van der Waals surface area contributed by atoms with Crippen LogP contribution >= 0.6 is 0 Å². The number of amides is 2. The van der Waals surface area contributed by atoms with Crippen LogP contribution in [0.15, 0.2) is 18.3 Å². The van der Waals surface area contributed by atoms with Gasteiger partial charge in [-0.05, 0) is 25.0 Å². The first-order valence-electron chi connectivity index (χ1n) is 5.67.